The molecule has 0 atom stereocenters. The molecule has 9 heteroatoms. The lowest BCUT2D eigenvalue weighted by atomic mass is 10.3. The van der Waals surface area contributed by atoms with Crippen molar-refractivity contribution in [2.75, 3.05) is 45.8 Å². The van der Waals surface area contributed by atoms with Crippen molar-refractivity contribution in [3.63, 3.8) is 0 Å². The van der Waals surface area contributed by atoms with Crippen LogP contribution < -0.4 is 5.73 Å². The van der Waals surface area contributed by atoms with Gasteiger partial charge in [0.1, 0.15) is 0 Å². The number of carbonyl (C=O) groups excluding carboxylic acids is 3. The molecule has 0 radical (unpaired) electrons. The summed E-state index contributed by atoms with van der Waals surface area (Å²) in [6.45, 7) is 2.28. The van der Waals surface area contributed by atoms with Crippen LogP contribution in [0, 0.1) is 0 Å². The summed E-state index contributed by atoms with van der Waals surface area (Å²) in [5, 5.41) is 8.75. The van der Waals surface area contributed by atoms with Crippen molar-refractivity contribution in [2.24, 2.45) is 5.73 Å². The number of aliphatic carboxylic acids is 1. The number of hydrogen-bond donors (Lipinski definition) is 2. The number of carboxylic acid groups (broad SMARTS) is 1. The van der Waals surface area contributed by atoms with Crippen molar-refractivity contribution < 1.29 is 24.3 Å². The molecule has 3 amide bonds. The predicted molar refractivity (Wildman–Crippen MR) is 72.1 cm³/mol. The molecule has 0 unspecified atom stereocenters. The molecule has 0 aromatic heterocycles. The maximum atomic E-state index is 12.1. The Labute approximate surface area is 122 Å². The van der Waals surface area contributed by atoms with Gasteiger partial charge in [-0.15, -0.1) is 0 Å². The van der Waals surface area contributed by atoms with Gasteiger partial charge in [0.05, 0.1) is 19.6 Å². The van der Waals surface area contributed by atoms with E-state index in [9.17, 15) is 19.2 Å². The SMILES string of the molecule is CC(=O)N1CCN(C(=O)CN(CC(N)=O)CC(=O)O)CC1. The molecule has 0 saturated carbocycles. The first-order valence-corrected chi connectivity index (χ1v) is 6.55. The van der Waals surface area contributed by atoms with Crippen LogP contribution in [0.15, 0.2) is 0 Å². The van der Waals surface area contributed by atoms with E-state index in [1.165, 1.54) is 11.8 Å². The number of amides is 3. The van der Waals surface area contributed by atoms with Crippen LogP contribution in [0.1, 0.15) is 6.92 Å². The summed E-state index contributed by atoms with van der Waals surface area (Å²) in [6.07, 6.45) is 0. The number of nitrogens with zero attached hydrogens (tertiary/aromatic N) is 3. The fourth-order valence-electron chi connectivity index (χ4n) is 2.14. The quantitative estimate of drug-likeness (QED) is 0.561. The molecule has 1 aliphatic heterocycles. The molecule has 1 rings (SSSR count). The van der Waals surface area contributed by atoms with Crippen LogP contribution in [-0.2, 0) is 19.2 Å². The molecule has 0 aliphatic carbocycles. The molecule has 1 fully saturated rings. The molecule has 21 heavy (non-hydrogen) atoms. The summed E-state index contributed by atoms with van der Waals surface area (Å²) in [5.41, 5.74) is 5.03. The van der Waals surface area contributed by atoms with Crippen LogP contribution in [0.3, 0.4) is 0 Å². The smallest absolute Gasteiger partial charge is 0.317 e. The zero-order chi connectivity index (χ0) is 16.0. The summed E-state index contributed by atoms with van der Waals surface area (Å²) >= 11 is 0. The van der Waals surface area contributed by atoms with Crippen molar-refractivity contribution in [1.82, 2.24) is 14.7 Å². The molecular weight excluding hydrogens is 280 g/mol. The predicted octanol–water partition coefficient (Wildman–Crippen LogP) is -2.45. The number of carboxylic acids is 1. The molecule has 1 heterocycles. The summed E-state index contributed by atoms with van der Waals surface area (Å²) in [4.78, 5) is 49.2. The molecule has 0 spiro atoms. The Morgan fingerprint density at radius 3 is 1.95 bits per heavy atom. The Hall–Kier alpha value is -2.16. The van der Waals surface area contributed by atoms with E-state index in [4.69, 9.17) is 10.8 Å². The normalized spacial score (nSPS) is 15.1. The molecule has 0 aromatic carbocycles. The Balaban J connectivity index is 2.51. The van der Waals surface area contributed by atoms with Gasteiger partial charge in [0.25, 0.3) is 0 Å². The van der Waals surface area contributed by atoms with Gasteiger partial charge in [-0.25, -0.2) is 0 Å². The Bertz CT molecular complexity index is 415. The number of hydrogen-bond acceptors (Lipinski definition) is 5. The van der Waals surface area contributed by atoms with Crippen molar-refractivity contribution in [2.45, 2.75) is 6.92 Å². The van der Waals surface area contributed by atoms with E-state index in [1.807, 2.05) is 0 Å². The van der Waals surface area contributed by atoms with Crippen LogP contribution in [-0.4, -0.2) is 89.3 Å². The molecule has 3 N–H and O–H groups in total. The molecule has 118 valence electrons. The number of rotatable bonds is 6. The highest BCUT2D eigenvalue weighted by atomic mass is 16.4. The van der Waals surface area contributed by atoms with Crippen LogP contribution in [0.25, 0.3) is 0 Å². The lowest BCUT2D eigenvalue weighted by molar-refractivity contribution is -0.142. The van der Waals surface area contributed by atoms with Crippen LogP contribution in [0.2, 0.25) is 0 Å². The second-order valence-electron chi connectivity index (χ2n) is 4.89. The first kappa shape index (κ1) is 16.9. The van der Waals surface area contributed by atoms with Crippen molar-refractivity contribution in [3.8, 4) is 0 Å². The minimum Gasteiger partial charge on any atom is -0.480 e. The average molecular weight is 300 g/mol. The first-order chi connectivity index (χ1) is 9.79. The van der Waals surface area contributed by atoms with E-state index in [-0.39, 0.29) is 24.9 Å². The van der Waals surface area contributed by atoms with E-state index in [2.05, 4.69) is 0 Å². The van der Waals surface area contributed by atoms with Gasteiger partial charge in [-0.1, -0.05) is 0 Å². The Morgan fingerprint density at radius 2 is 1.52 bits per heavy atom. The van der Waals surface area contributed by atoms with E-state index in [1.54, 1.807) is 9.80 Å². The van der Waals surface area contributed by atoms with Gasteiger partial charge >= 0.3 is 5.97 Å². The highest BCUT2D eigenvalue weighted by molar-refractivity contribution is 5.82. The molecule has 9 nitrogen and oxygen atoms in total. The van der Waals surface area contributed by atoms with Crippen LogP contribution in [0.4, 0.5) is 0 Å². The lowest BCUT2D eigenvalue weighted by Gasteiger charge is -2.35. The fraction of sp³-hybridized carbons (Fsp3) is 0.667. The van der Waals surface area contributed by atoms with Gasteiger partial charge in [0.2, 0.25) is 17.7 Å². The monoisotopic (exact) mass is 300 g/mol. The minimum absolute atomic E-state index is 0.0386. The van der Waals surface area contributed by atoms with Crippen molar-refractivity contribution in [1.29, 1.82) is 0 Å². The van der Waals surface area contributed by atoms with Crippen LogP contribution >= 0.6 is 0 Å². The van der Waals surface area contributed by atoms with Gasteiger partial charge in [-0.05, 0) is 0 Å². The van der Waals surface area contributed by atoms with E-state index >= 15 is 0 Å². The standard InChI is InChI=1S/C12H20N4O5/c1-9(17)15-2-4-16(5-3-15)11(19)7-14(6-10(13)18)8-12(20)21/h2-8H2,1H3,(H2,13,18)(H,20,21). The second kappa shape index (κ2) is 7.58. The third-order valence-electron chi connectivity index (χ3n) is 3.17. The second-order valence-corrected chi connectivity index (χ2v) is 4.89. The van der Waals surface area contributed by atoms with E-state index in [0.717, 1.165) is 0 Å². The highest BCUT2D eigenvalue weighted by Gasteiger charge is 2.24. The molecular formula is C12H20N4O5. The summed E-state index contributed by atoms with van der Waals surface area (Å²) in [6, 6.07) is 0. The minimum atomic E-state index is -1.13. The maximum Gasteiger partial charge on any atom is 0.317 e. The first-order valence-electron chi connectivity index (χ1n) is 6.55. The van der Waals surface area contributed by atoms with E-state index < -0.39 is 18.4 Å². The van der Waals surface area contributed by atoms with Gasteiger partial charge in [0.15, 0.2) is 0 Å². The number of primary amides is 1. The zero-order valence-electron chi connectivity index (χ0n) is 11.9. The summed E-state index contributed by atoms with van der Waals surface area (Å²) in [5.74, 6) is -2.14. The highest BCUT2D eigenvalue weighted by Crippen LogP contribution is 2.03. The lowest BCUT2D eigenvalue weighted by Crippen LogP contribution is -2.53. The third-order valence-corrected chi connectivity index (χ3v) is 3.17. The maximum absolute atomic E-state index is 12.1. The summed E-state index contributed by atoms with van der Waals surface area (Å²) < 4.78 is 0. The number of carbonyl (C=O) groups is 4. The molecule has 1 saturated heterocycles. The van der Waals surface area contributed by atoms with Crippen LogP contribution in [0.5, 0.6) is 0 Å². The Morgan fingerprint density at radius 1 is 1.00 bits per heavy atom. The number of nitrogens with two attached hydrogens (primary N) is 1. The fourth-order valence-corrected chi connectivity index (χ4v) is 2.14. The topological polar surface area (TPSA) is 124 Å². The molecule has 1 aliphatic rings. The van der Waals surface area contributed by atoms with Crippen molar-refractivity contribution >= 4 is 23.7 Å². The summed E-state index contributed by atoms with van der Waals surface area (Å²) in [7, 11) is 0. The molecule has 0 aromatic rings. The third kappa shape index (κ3) is 5.78. The number of piperazine rings is 1. The van der Waals surface area contributed by atoms with Gasteiger partial charge in [-0.3, -0.25) is 24.1 Å². The van der Waals surface area contributed by atoms with E-state index in [0.29, 0.717) is 26.2 Å². The average Bonchev–Trinajstić information content (AvgIpc) is 2.37. The van der Waals surface area contributed by atoms with Gasteiger partial charge in [-0.2, -0.15) is 0 Å². The Kier molecular flexibility index (Phi) is 6.10. The van der Waals surface area contributed by atoms with Gasteiger partial charge < -0.3 is 20.6 Å². The van der Waals surface area contributed by atoms with Crippen molar-refractivity contribution in [3.05, 3.63) is 0 Å². The largest absolute Gasteiger partial charge is 0.480 e. The zero-order valence-corrected chi connectivity index (χ0v) is 11.9. The molecule has 0 bridgehead atoms. The van der Waals surface area contributed by atoms with Gasteiger partial charge in [0, 0.05) is 33.1 Å².